The Morgan fingerprint density at radius 2 is 1.63 bits per heavy atom. The van der Waals surface area contributed by atoms with Crippen molar-refractivity contribution in [3.8, 4) is 0 Å². The molecule has 12 nitrogen and oxygen atoms in total. The first-order valence-corrected chi connectivity index (χ1v) is 23.1. The molecule has 5 aliphatic heterocycles. The number of aliphatic hydroxyl groups excluding tert-OH is 1. The number of ketones is 1. The summed E-state index contributed by atoms with van der Waals surface area (Å²) in [7, 11) is 1.71. The van der Waals surface area contributed by atoms with Crippen molar-refractivity contribution in [2.45, 2.75) is 168 Å². The van der Waals surface area contributed by atoms with Crippen molar-refractivity contribution in [2.75, 3.05) is 46.6 Å². The first-order valence-electron chi connectivity index (χ1n) is 23.1. The molecule has 2 unspecified atom stereocenters. The molecule has 59 heavy (non-hydrogen) atoms. The first kappa shape index (κ1) is 46.6. The third-order valence-electron chi connectivity index (χ3n) is 17.3. The van der Waals surface area contributed by atoms with Crippen LogP contribution in [-0.4, -0.2) is 122 Å². The van der Waals surface area contributed by atoms with Gasteiger partial charge in [0.2, 0.25) is 0 Å². The summed E-state index contributed by atoms with van der Waals surface area (Å²) in [5, 5.41) is 18.9. The molecule has 6 aliphatic rings. The van der Waals surface area contributed by atoms with E-state index in [0.717, 1.165) is 64.1 Å². The summed E-state index contributed by atoms with van der Waals surface area (Å²) in [6.07, 6.45) is 3.57. The van der Waals surface area contributed by atoms with Crippen LogP contribution < -0.4 is 10.6 Å². The minimum atomic E-state index is -1.31. The smallest absolute Gasteiger partial charge is 0.311 e. The van der Waals surface area contributed by atoms with Gasteiger partial charge in [-0.3, -0.25) is 19.7 Å². The molecule has 0 amide bonds. The molecule has 0 spiro atoms. The molecule has 5 saturated heterocycles. The lowest BCUT2D eigenvalue weighted by Gasteiger charge is -2.58. The van der Waals surface area contributed by atoms with Crippen molar-refractivity contribution >= 4 is 17.7 Å². The van der Waals surface area contributed by atoms with Gasteiger partial charge in [-0.1, -0.05) is 53.7 Å². The van der Waals surface area contributed by atoms with Crippen molar-refractivity contribution in [2.24, 2.45) is 52.8 Å². The van der Waals surface area contributed by atoms with Gasteiger partial charge in [-0.05, 0) is 110 Å². The number of nitrogens with one attached hydrogen (secondary N) is 2. The zero-order valence-corrected chi connectivity index (χ0v) is 38.3. The number of rotatable bonds is 10. The molecule has 1 saturated carbocycles. The van der Waals surface area contributed by atoms with Crippen LogP contribution in [0.3, 0.4) is 0 Å². The van der Waals surface area contributed by atoms with Crippen molar-refractivity contribution in [3.05, 3.63) is 12.2 Å². The van der Waals surface area contributed by atoms with Crippen LogP contribution in [0.2, 0.25) is 0 Å². The number of cyclic esters (lactones) is 1. The fraction of sp³-hybridized carbons (Fsp3) is 0.894. The van der Waals surface area contributed by atoms with Gasteiger partial charge >= 0.3 is 11.9 Å². The quantitative estimate of drug-likeness (QED) is 0.142. The van der Waals surface area contributed by atoms with Gasteiger partial charge in [0.05, 0.1) is 41.3 Å². The van der Waals surface area contributed by atoms with E-state index in [9.17, 15) is 19.5 Å². The number of carbonyl (C=O) groups is 3. The number of nitrogens with zero attached hydrogens (tertiary/aromatic N) is 1. The van der Waals surface area contributed by atoms with Crippen LogP contribution >= 0.6 is 0 Å². The second-order valence-electron chi connectivity index (χ2n) is 20.5. The normalized spacial score (nSPS) is 45.8. The monoisotopic (exact) mass is 830 g/mol. The predicted octanol–water partition coefficient (Wildman–Crippen LogP) is 5.69. The van der Waals surface area contributed by atoms with E-state index in [1.165, 1.54) is 0 Å². The minimum absolute atomic E-state index is 0.0710. The zero-order valence-electron chi connectivity index (χ0n) is 38.3. The number of hydrogen-bond acceptors (Lipinski definition) is 12. The Balaban J connectivity index is 1.30. The molecule has 0 aromatic heterocycles. The largest absolute Gasteiger partial charge is 0.458 e. The van der Waals surface area contributed by atoms with Gasteiger partial charge in [0.1, 0.15) is 11.9 Å². The van der Waals surface area contributed by atoms with E-state index in [1.807, 2.05) is 48.5 Å². The van der Waals surface area contributed by atoms with E-state index in [0.29, 0.717) is 44.3 Å². The summed E-state index contributed by atoms with van der Waals surface area (Å²) in [4.78, 5) is 46.3. The highest BCUT2D eigenvalue weighted by molar-refractivity contribution is 5.92. The molecule has 336 valence electrons. The molecular formula is C47H79N3O9. The number of ether oxygens (including phenoxy) is 5. The van der Waals surface area contributed by atoms with E-state index >= 15 is 0 Å². The fourth-order valence-electron chi connectivity index (χ4n) is 12.7. The first-order chi connectivity index (χ1) is 27.8. The maximum absolute atomic E-state index is 15.0. The molecule has 0 bridgehead atoms. The molecule has 1 aliphatic carbocycles. The highest BCUT2D eigenvalue weighted by Gasteiger charge is 2.78. The van der Waals surface area contributed by atoms with Gasteiger partial charge in [-0.15, -0.1) is 0 Å². The Bertz CT molecular complexity index is 1530. The molecule has 6 rings (SSSR count). The van der Waals surface area contributed by atoms with Crippen LogP contribution in [0, 0.1) is 52.8 Å². The van der Waals surface area contributed by atoms with Crippen molar-refractivity contribution in [3.63, 3.8) is 0 Å². The minimum Gasteiger partial charge on any atom is -0.458 e. The number of carbonyl (C=O) groups excluding carboxylic acids is 3. The van der Waals surface area contributed by atoms with Gasteiger partial charge in [-0.2, -0.15) is 0 Å². The van der Waals surface area contributed by atoms with E-state index in [2.05, 4.69) is 42.9 Å². The van der Waals surface area contributed by atoms with E-state index in [1.54, 1.807) is 7.11 Å². The number of likely N-dealkylation sites (tertiary alicyclic amines) is 1. The summed E-state index contributed by atoms with van der Waals surface area (Å²) >= 11 is 0. The van der Waals surface area contributed by atoms with E-state index in [-0.39, 0.29) is 35.4 Å². The Morgan fingerprint density at radius 3 is 2.24 bits per heavy atom. The van der Waals surface area contributed by atoms with Crippen LogP contribution in [0.15, 0.2) is 12.2 Å². The van der Waals surface area contributed by atoms with Gasteiger partial charge in [0.15, 0.2) is 5.60 Å². The highest BCUT2D eigenvalue weighted by Crippen LogP contribution is 2.60. The molecule has 12 heteroatoms. The Labute approximate surface area is 355 Å². The fourth-order valence-corrected chi connectivity index (χ4v) is 12.7. The van der Waals surface area contributed by atoms with Gasteiger partial charge in [0.25, 0.3) is 0 Å². The number of aliphatic hydroxyl groups is 1. The summed E-state index contributed by atoms with van der Waals surface area (Å²) in [5.41, 5.74) is -2.89. The van der Waals surface area contributed by atoms with Crippen LogP contribution in [0.4, 0.5) is 0 Å². The van der Waals surface area contributed by atoms with Crippen molar-refractivity contribution < 1.29 is 43.2 Å². The van der Waals surface area contributed by atoms with E-state index < -0.39 is 70.3 Å². The predicted molar refractivity (Wildman–Crippen MR) is 226 cm³/mol. The molecule has 0 aromatic rings. The number of esters is 2. The number of methoxy groups -OCH3 is 1. The maximum Gasteiger partial charge on any atom is 0.311 e. The van der Waals surface area contributed by atoms with Crippen LogP contribution in [0.5, 0.6) is 0 Å². The second-order valence-corrected chi connectivity index (χ2v) is 20.5. The number of hydrogen-bond donors (Lipinski definition) is 3. The molecular weight excluding hydrogens is 751 g/mol. The highest BCUT2D eigenvalue weighted by atomic mass is 16.6. The van der Waals surface area contributed by atoms with Crippen molar-refractivity contribution in [1.29, 1.82) is 0 Å². The lowest BCUT2D eigenvalue weighted by molar-refractivity contribution is -0.208. The molecule has 0 aromatic carbocycles. The summed E-state index contributed by atoms with van der Waals surface area (Å²) in [6, 6.07) is 0.291. The van der Waals surface area contributed by atoms with Crippen LogP contribution in [0.25, 0.3) is 0 Å². The summed E-state index contributed by atoms with van der Waals surface area (Å²) in [6.45, 7) is 29.6. The van der Waals surface area contributed by atoms with Crippen LogP contribution in [-0.2, 0) is 38.1 Å². The van der Waals surface area contributed by atoms with Gasteiger partial charge < -0.3 is 39.0 Å². The van der Waals surface area contributed by atoms with E-state index in [4.69, 9.17) is 23.7 Å². The second kappa shape index (κ2) is 18.0. The lowest BCUT2D eigenvalue weighted by Crippen LogP contribution is -2.78. The third kappa shape index (κ3) is 8.36. The van der Waals surface area contributed by atoms with Crippen LogP contribution in [0.1, 0.15) is 121 Å². The van der Waals surface area contributed by atoms with Gasteiger partial charge in [0, 0.05) is 62.7 Å². The third-order valence-corrected chi connectivity index (χ3v) is 17.3. The lowest BCUT2D eigenvalue weighted by atomic mass is 9.50. The Kier molecular flexibility index (Phi) is 14.2. The summed E-state index contributed by atoms with van der Waals surface area (Å²) < 4.78 is 31.7. The average Bonchev–Trinajstić information content (AvgIpc) is 3.36. The molecule has 15 atom stereocenters. The average molecular weight is 830 g/mol. The molecule has 3 N–H and O–H groups in total. The number of Topliss-reactive ketones (excluding diaryl/α,β-unsaturated/α-hetero) is 1. The summed E-state index contributed by atoms with van der Waals surface area (Å²) in [5.74, 6) is -2.64. The Hall–Kier alpha value is -1.93. The van der Waals surface area contributed by atoms with Gasteiger partial charge in [-0.25, -0.2) is 0 Å². The molecule has 5 heterocycles. The molecule has 6 fully saturated rings. The maximum atomic E-state index is 15.0. The molecule has 0 radical (unpaired) electrons. The number of piperidine rings is 1. The SMILES string of the molecule is C=C(C)[C@]1(C)CC([C@H]2[C@H](C)[C@@H](C)[C@](C)(OC)C[C@@H](C)C(=O)[C@@H]3CC4C(=O)O[C@](C)([C@@H](CC)OC(=O)[C@@H]2C)[C@]43NCNC2CCN(CC3CCOCC3)CC2)O[C@@H](C)[C@@H]1O. The van der Waals surface area contributed by atoms with Crippen molar-refractivity contribution in [1.82, 2.24) is 15.5 Å². The topological polar surface area (TPSA) is 145 Å². The Morgan fingerprint density at radius 1 is 0.966 bits per heavy atom. The standard InChI is InChI=1S/C47H79N3O9/c1-13-38-46(11)47(49-26-48-34-14-18-50(19-15-34)25-33-16-20-56-21-17-33)35(22-36(47)43(54)59-46)40(51)28(4)23-45(10,55-12)31(7)29(5)39(30(6)42(53)58-38)37-24-44(9,27(2)3)41(52)32(8)57-37/h28-39,41,48-49,52H,2,13-26H2,1,3-12H3/t28-,29-,30-,31-,32+,35+,36?,37?,38-,39+,41+,44+,45-,46-,47-/m1/s1. The zero-order chi connectivity index (χ0) is 43.2.